The van der Waals surface area contributed by atoms with Gasteiger partial charge >= 0.3 is 0 Å². The molecule has 0 atom stereocenters. The summed E-state index contributed by atoms with van der Waals surface area (Å²) in [5, 5.41) is 0. The molecule has 8 aromatic rings. The Bertz CT molecular complexity index is 2510. The summed E-state index contributed by atoms with van der Waals surface area (Å²) >= 11 is 0. The van der Waals surface area contributed by atoms with E-state index in [2.05, 4.69) is 184 Å². The van der Waals surface area contributed by atoms with Crippen molar-refractivity contribution >= 4 is 0 Å². The average Bonchev–Trinajstić information content (AvgIpc) is 3.45. The second-order valence-electron chi connectivity index (χ2n) is 13.8. The van der Waals surface area contributed by atoms with Gasteiger partial charge in [0, 0.05) is 22.1 Å². The van der Waals surface area contributed by atoms with Gasteiger partial charge < -0.3 is 0 Å². The minimum Gasteiger partial charge on any atom is -0.228 e. The zero-order valence-corrected chi connectivity index (χ0v) is 28.7. The number of benzene rings is 7. The number of nitrogens with zero attached hydrogens (tertiary/aromatic N) is 2. The van der Waals surface area contributed by atoms with Gasteiger partial charge in [0.25, 0.3) is 0 Å². The lowest BCUT2D eigenvalue weighted by Gasteiger charge is -2.24. The van der Waals surface area contributed by atoms with E-state index in [-0.39, 0.29) is 5.41 Å². The Kier molecular flexibility index (Phi) is 7.51. The Labute approximate surface area is 299 Å². The highest BCUT2D eigenvalue weighted by atomic mass is 14.9. The van der Waals surface area contributed by atoms with Crippen molar-refractivity contribution in [3.8, 4) is 78.4 Å². The number of hydrogen-bond acceptors (Lipinski definition) is 2. The smallest absolute Gasteiger partial charge is 0.160 e. The Morgan fingerprint density at radius 3 is 1.49 bits per heavy atom. The maximum atomic E-state index is 5.14. The molecule has 7 aromatic carbocycles. The normalized spacial score (nSPS) is 12.7. The number of fused-ring (bicyclic) bond motifs is 3. The molecule has 0 saturated heterocycles. The highest BCUT2D eigenvalue weighted by molar-refractivity contribution is 5.88. The van der Waals surface area contributed by atoms with Crippen LogP contribution < -0.4 is 0 Å². The zero-order chi connectivity index (χ0) is 34.4. The number of rotatable bonds is 6. The van der Waals surface area contributed by atoms with Gasteiger partial charge in [-0.25, -0.2) is 9.97 Å². The largest absolute Gasteiger partial charge is 0.228 e. The third-order valence-electron chi connectivity index (χ3n) is 10.3. The summed E-state index contributed by atoms with van der Waals surface area (Å²) in [5.41, 5.74) is 17.5. The number of aromatic nitrogens is 2. The van der Waals surface area contributed by atoms with Crippen molar-refractivity contribution in [1.29, 1.82) is 0 Å². The summed E-state index contributed by atoms with van der Waals surface area (Å²) in [6, 6.07) is 64.7. The highest BCUT2D eigenvalue weighted by Gasteiger charge is 2.37. The van der Waals surface area contributed by atoms with Gasteiger partial charge in [0.2, 0.25) is 0 Å². The van der Waals surface area contributed by atoms with Gasteiger partial charge in [0.05, 0.1) is 11.4 Å². The summed E-state index contributed by atoms with van der Waals surface area (Å²) in [6.45, 7) is 4.70. The van der Waals surface area contributed by atoms with E-state index in [0.717, 1.165) is 39.2 Å². The lowest BCUT2D eigenvalue weighted by molar-refractivity contribution is 0.662. The van der Waals surface area contributed by atoms with Crippen LogP contribution in [0.15, 0.2) is 182 Å². The molecular weight excluding hydrogens is 617 g/mol. The predicted molar refractivity (Wildman–Crippen MR) is 212 cm³/mol. The first-order chi connectivity index (χ1) is 25.0. The summed E-state index contributed by atoms with van der Waals surface area (Å²) in [6.07, 6.45) is 0. The molecule has 1 aromatic heterocycles. The molecule has 0 amide bonds. The van der Waals surface area contributed by atoms with Crippen molar-refractivity contribution in [3.05, 3.63) is 193 Å². The summed E-state index contributed by atoms with van der Waals surface area (Å²) in [7, 11) is 0. The van der Waals surface area contributed by atoms with E-state index in [1.165, 1.54) is 44.5 Å². The molecular formula is C49H36N2. The third-order valence-corrected chi connectivity index (χ3v) is 10.3. The van der Waals surface area contributed by atoms with E-state index >= 15 is 0 Å². The second-order valence-corrected chi connectivity index (χ2v) is 13.8. The van der Waals surface area contributed by atoms with Crippen molar-refractivity contribution in [2.45, 2.75) is 19.3 Å². The van der Waals surface area contributed by atoms with Crippen LogP contribution in [0.1, 0.15) is 25.0 Å². The van der Waals surface area contributed by atoms with Gasteiger partial charge in [0.15, 0.2) is 5.82 Å². The number of hydrogen-bond donors (Lipinski definition) is 0. The fraction of sp³-hybridized carbons (Fsp3) is 0.0612. The predicted octanol–water partition coefficient (Wildman–Crippen LogP) is 12.8. The van der Waals surface area contributed by atoms with Crippen LogP contribution in [0.4, 0.5) is 0 Å². The van der Waals surface area contributed by atoms with Gasteiger partial charge in [-0.05, 0) is 67.8 Å². The minimum absolute atomic E-state index is 0.0629. The van der Waals surface area contributed by atoms with Gasteiger partial charge in [0.1, 0.15) is 0 Å². The lowest BCUT2D eigenvalue weighted by atomic mass is 9.79. The fourth-order valence-electron chi connectivity index (χ4n) is 7.71. The zero-order valence-electron chi connectivity index (χ0n) is 28.7. The molecule has 0 spiro atoms. The summed E-state index contributed by atoms with van der Waals surface area (Å²) in [5.74, 6) is 0.707. The van der Waals surface area contributed by atoms with Crippen LogP contribution in [0.2, 0.25) is 0 Å². The molecule has 1 heterocycles. The van der Waals surface area contributed by atoms with Crippen LogP contribution >= 0.6 is 0 Å². The van der Waals surface area contributed by atoms with Crippen LogP contribution in [0.3, 0.4) is 0 Å². The molecule has 1 aliphatic rings. The van der Waals surface area contributed by atoms with Gasteiger partial charge in [-0.2, -0.15) is 0 Å². The molecule has 1 aliphatic carbocycles. The molecule has 0 fully saturated rings. The summed E-state index contributed by atoms with van der Waals surface area (Å²) < 4.78 is 0. The Morgan fingerprint density at radius 1 is 0.333 bits per heavy atom. The average molecular weight is 653 g/mol. The first-order valence-electron chi connectivity index (χ1n) is 17.6. The van der Waals surface area contributed by atoms with Crippen LogP contribution in [-0.4, -0.2) is 9.97 Å². The first kappa shape index (κ1) is 30.7. The second kappa shape index (κ2) is 12.5. The molecule has 2 nitrogen and oxygen atoms in total. The standard InChI is InChI=1S/C49H36N2/c1-49(2)44-22-10-9-19-42(44)43-21-12-20-41(47(43)49)36-27-23-35(24-28-36)39-17-11-18-40(31-39)48-50-45(37-15-7-4-8-16-37)32-46(51-48)38-29-25-34(26-30-38)33-13-5-3-6-14-33/h3-32H,1-2H3. The highest BCUT2D eigenvalue weighted by Crippen LogP contribution is 2.52. The van der Waals surface area contributed by atoms with Crippen molar-refractivity contribution < 1.29 is 0 Å². The van der Waals surface area contributed by atoms with Gasteiger partial charge in [-0.1, -0.05) is 184 Å². The van der Waals surface area contributed by atoms with E-state index in [1.807, 2.05) is 12.1 Å². The Balaban J connectivity index is 1.07. The molecule has 242 valence electrons. The minimum atomic E-state index is -0.0629. The molecule has 0 bridgehead atoms. The Morgan fingerprint density at radius 2 is 0.784 bits per heavy atom. The van der Waals surface area contributed by atoms with E-state index in [9.17, 15) is 0 Å². The first-order valence-corrected chi connectivity index (χ1v) is 17.6. The Hall–Kier alpha value is -6.38. The summed E-state index contributed by atoms with van der Waals surface area (Å²) in [4.78, 5) is 10.2. The van der Waals surface area contributed by atoms with Gasteiger partial charge in [-0.3, -0.25) is 0 Å². The van der Waals surface area contributed by atoms with E-state index in [1.54, 1.807) is 0 Å². The van der Waals surface area contributed by atoms with Crippen molar-refractivity contribution in [3.63, 3.8) is 0 Å². The van der Waals surface area contributed by atoms with Crippen molar-refractivity contribution in [1.82, 2.24) is 9.97 Å². The van der Waals surface area contributed by atoms with Crippen LogP contribution in [0, 0.1) is 0 Å². The third kappa shape index (κ3) is 5.56. The maximum Gasteiger partial charge on any atom is 0.160 e. The molecule has 0 N–H and O–H groups in total. The fourth-order valence-corrected chi connectivity index (χ4v) is 7.71. The van der Waals surface area contributed by atoms with Crippen LogP contribution in [0.5, 0.6) is 0 Å². The molecule has 0 saturated carbocycles. The molecule has 9 rings (SSSR count). The van der Waals surface area contributed by atoms with Crippen molar-refractivity contribution in [2.24, 2.45) is 0 Å². The topological polar surface area (TPSA) is 25.8 Å². The molecule has 51 heavy (non-hydrogen) atoms. The van der Waals surface area contributed by atoms with Crippen molar-refractivity contribution in [2.75, 3.05) is 0 Å². The molecule has 2 heteroatoms. The quantitative estimate of drug-likeness (QED) is 0.179. The van der Waals surface area contributed by atoms with E-state index in [0.29, 0.717) is 5.82 Å². The van der Waals surface area contributed by atoms with Crippen LogP contribution in [0.25, 0.3) is 78.4 Å². The maximum absolute atomic E-state index is 5.14. The van der Waals surface area contributed by atoms with E-state index < -0.39 is 0 Å². The monoisotopic (exact) mass is 652 g/mol. The molecule has 0 aliphatic heterocycles. The lowest BCUT2D eigenvalue weighted by Crippen LogP contribution is -2.16. The van der Waals surface area contributed by atoms with E-state index in [4.69, 9.17) is 9.97 Å². The van der Waals surface area contributed by atoms with Gasteiger partial charge in [-0.15, -0.1) is 0 Å². The van der Waals surface area contributed by atoms with Crippen LogP contribution in [-0.2, 0) is 5.41 Å². The molecule has 0 radical (unpaired) electrons. The molecule has 0 unspecified atom stereocenters. The SMILES string of the molecule is CC1(C)c2ccccc2-c2cccc(-c3ccc(-c4cccc(-c5nc(-c6ccccc6)cc(-c6ccc(-c7ccccc7)cc6)n5)c4)cc3)c21.